The Morgan fingerprint density at radius 2 is 0.713 bits per heavy atom. The van der Waals surface area contributed by atoms with Crippen molar-refractivity contribution < 1.29 is 127 Å². The number of fused-ring (bicyclic) bond motifs is 3. The van der Waals surface area contributed by atoms with E-state index in [1.165, 1.54) is 56.9 Å². The second kappa shape index (κ2) is 82.9. The van der Waals surface area contributed by atoms with Crippen LogP contribution in [0, 0.1) is 42.9 Å². The fourth-order valence-electron chi connectivity index (χ4n) is 13.0. The number of carbonyl (C=O) groups is 7. The van der Waals surface area contributed by atoms with Gasteiger partial charge in [-0.1, -0.05) is 103 Å². The summed E-state index contributed by atoms with van der Waals surface area (Å²) in [5.74, 6) is 1.32. The molecule has 0 bridgehead atoms. The van der Waals surface area contributed by atoms with Crippen molar-refractivity contribution in [3.63, 3.8) is 0 Å². The SMILES string of the molecule is CO.COc1cc(OC)c(CSC(=O)[C@@H](NC(=O)[C@@H](C)Cc2ccc(OC(C)(C)C)cc2)[C@@H](C)OC(C)(C)C)c(OC)c1.COc1cc(OC)c(CSC(=O)[C@@H](NC(=O)[C@@H](CC(=O)[C@H](CCC(=O)OC(C)(C)C)NC(=O)OCC2c3ccccc3-c3ccccc32)Cc2ccc(OC(C)(C)C)cc2)[C@@H](C)OC(C)(C)C)c(OC)c1.S=S=S=S=S=S=S=S=S=S=S=S=S=S=S=S.S=S=S=S=S=S=S=S=S=S=S=S=S=S=S=S=S=S.[2H][B].[U]. The van der Waals surface area contributed by atoms with Gasteiger partial charge < -0.3 is 77.9 Å². The van der Waals surface area contributed by atoms with Crippen LogP contribution in [0.3, 0.4) is 0 Å². The first-order valence-corrected chi connectivity index (χ1v) is 88.2. The van der Waals surface area contributed by atoms with Gasteiger partial charge in [-0.15, -0.1) is 0 Å². The first-order valence-electron chi connectivity index (χ1n) is 44.1. The molecule has 1 aliphatic rings. The van der Waals surface area contributed by atoms with Crippen molar-refractivity contribution in [2.75, 3.05) is 56.4 Å². The molecule has 150 heavy (non-hydrogen) atoms. The number of ketones is 1. The Labute approximate surface area is 1020 Å². The molecule has 0 spiro atoms. The fraction of sp³-hybridized carbons (Fsp3) is 0.517. The zero-order chi connectivity index (χ0) is 112. The normalized spacial score (nSPS) is 12.3. The molecule has 0 aliphatic heterocycles. The summed E-state index contributed by atoms with van der Waals surface area (Å²) >= 11 is 21.0. The molecule has 6 aromatic carbocycles. The monoisotopic (exact) mass is 2960 g/mol. The number of methoxy groups -OCH3 is 6. The summed E-state index contributed by atoms with van der Waals surface area (Å²) in [5.41, 5.74) is 4.45. The molecule has 0 fully saturated rings. The van der Waals surface area contributed by atoms with Crippen LogP contribution in [0.25, 0.3) is 11.1 Å². The molecule has 7 rings (SSSR count). The van der Waals surface area contributed by atoms with Gasteiger partial charge in [0, 0.05) is 435 Å². The van der Waals surface area contributed by atoms with Crippen LogP contribution in [0.2, 0.25) is 0 Å². The average molecular weight is 2960 g/mol. The number of rotatable bonds is 35. The second-order valence-electron chi connectivity index (χ2n) is 34.7. The van der Waals surface area contributed by atoms with Gasteiger partial charge >= 0.3 is 12.1 Å². The van der Waals surface area contributed by atoms with Gasteiger partial charge in [0.25, 0.3) is 0 Å². The minimum Gasteiger partial charge on any atom is -0.496 e. The van der Waals surface area contributed by atoms with Gasteiger partial charge in [0.15, 0.2) is 5.78 Å². The molecule has 7 atom stereocenters. The van der Waals surface area contributed by atoms with Crippen LogP contribution in [0.5, 0.6) is 46.0 Å². The van der Waals surface area contributed by atoms with Crippen LogP contribution in [0.1, 0.15) is 183 Å². The summed E-state index contributed by atoms with van der Waals surface area (Å²) in [7, 11) is 64.7. The van der Waals surface area contributed by atoms with Gasteiger partial charge in [0.2, 0.25) is 22.0 Å². The molecule has 3 amide bonds. The van der Waals surface area contributed by atoms with Crippen molar-refractivity contribution in [1.82, 2.24) is 16.0 Å². The summed E-state index contributed by atoms with van der Waals surface area (Å²) in [6, 6.07) is 34.5. The quantitative estimate of drug-likeness (QED) is 0.0212. The van der Waals surface area contributed by atoms with Crippen molar-refractivity contribution in [2.24, 2.45) is 11.8 Å². The number of thioether (sulfide) groups is 2. The Morgan fingerprint density at radius 1 is 0.400 bits per heavy atom. The molecule has 0 saturated carbocycles. The van der Waals surface area contributed by atoms with Crippen LogP contribution in [-0.4, -0.2) is 169 Å². The second-order valence-corrected chi connectivity index (χ2v) is 89.7. The molecule has 838 valence electrons. The predicted octanol–water partition coefficient (Wildman–Crippen LogP) is 15.3. The summed E-state index contributed by atoms with van der Waals surface area (Å²) < 4.78 is 74.1. The number of aliphatic hydroxyl groups excluding tert-OH is 1. The summed E-state index contributed by atoms with van der Waals surface area (Å²) in [4.78, 5) is 97.7. The van der Waals surface area contributed by atoms with Crippen LogP contribution >= 0.6 is 23.5 Å². The minimum absolute atomic E-state index is 0. The Balaban J connectivity index is 0.00000119. The summed E-state index contributed by atoms with van der Waals surface area (Å²) in [6.45, 7) is 33.7. The summed E-state index contributed by atoms with van der Waals surface area (Å²) in [5, 5.41) is 15.0. The van der Waals surface area contributed by atoms with Gasteiger partial charge in [0.1, 0.15) is 81.5 Å². The van der Waals surface area contributed by atoms with Crippen molar-refractivity contribution >= 4 is 383 Å². The Morgan fingerprint density at radius 3 is 1.01 bits per heavy atom. The Hall–Kier alpha value is -0.413. The van der Waals surface area contributed by atoms with E-state index >= 15 is 0 Å². The van der Waals surface area contributed by atoms with Gasteiger partial charge in [-0.25, -0.2) is 4.79 Å². The van der Waals surface area contributed by atoms with E-state index in [2.05, 4.69) is 24.3 Å². The molecular weight excluding hydrogens is 2830 g/mol. The predicted molar refractivity (Wildman–Crippen MR) is 705 cm³/mol. The molecule has 0 aromatic heterocycles. The molecule has 23 nitrogen and oxygen atoms in total. The maximum atomic E-state index is 14.8. The zero-order valence-electron chi connectivity index (χ0n) is 87.3. The Bertz CT molecular complexity index is 6770. The third-order valence-electron chi connectivity index (χ3n) is 18.3. The van der Waals surface area contributed by atoms with Gasteiger partial charge in [-0.3, -0.25) is 28.8 Å². The van der Waals surface area contributed by atoms with E-state index in [0.717, 1.165) is 69.8 Å². The van der Waals surface area contributed by atoms with E-state index in [9.17, 15) is 33.6 Å². The number of alkyl carbamates (subject to hydrolysis) is 1. The van der Waals surface area contributed by atoms with E-state index in [1.807, 2.05) is 182 Å². The largest absolute Gasteiger partial charge is 0.496 e. The number of amides is 3. The number of carbonyl (C=O) groups excluding carboxylic acids is 7. The number of benzene rings is 6. The van der Waals surface area contributed by atoms with Crippen molar-refractivity contribution in [3.05, 3.63) is 155 Å². The maximum absolute atomic E-state index is 14.8. The van der Waals surface area contributed by atoms with Crippen LogP contribution < -0.4 is 53.8 Å². The number of esters is 1. The first kappa shape index (κ1) is 146. The topological polar surface area (TPSA) is 287 Å². The molecule has 4 N–H and O–H groups in total. The molecule has 6 aromatic rings. The van der Waals surface area contributed by atoms with Gasteiger partial charge in [-0.05, 0) is 196 Å². The van der Waals surface area contributed by atoms with Gasteiger partial charge in [0.05, 0.1) is 72.1 Å². The number of hydrogen-bond donors (Lipinski definition) is 4. The molecule has 2 radical (unpaired) electrons. The summed E-state index contributed by atoms with van der Waals surface area (Å²) in [6.07, 6.45) is -2.35. The van der Waals surface area contributed by atoms with Crippen LogP contribution in [-0.2, 0) is 383 Å². The third-order valence-corrected chi connectivity index (χ3v) is 82.5. The standard InChI is InChI=1S/C56H72N2O12S.C32H47NO7S.CH4O.BH.S18.S16.U/c1-34(68-54(2,3)4)50(52(62)71-33-44-47(65-12)30-38(64-11)31-48(44)66-13)58-51(61)36(28-35-22-24-37(25-23-35)69-55(5,6)7)29-46(59)45(26-27-49(60)70-56(8,9)10)57-53(63)67-32-43-41-20-16-14-18-39(41)40-19-15-17-21-42(40)43;1-20(16-22-12-14-23(15-13-22)40-32(6,7)8)29(34)33-28(21(2)39-31(3,4)5)30(35)41-19-25-26(37-10)17-24(36-9)18-27(25)38-11;1-2;;1-3-5-7-9-11-13-15-17-18-16-14-12-10-8-6-4-2;1-3-5-7-9-11-13-15-16-14-12-10-8-6-4-2;/h14-25,30-31,34,36,43,45,50H,26-29,32-33H2,1-13H3,(H,57,63)(H,58,61);12-15,17-18,20-21,28H,16,19H2,1-11H3,(H,33,34);2H,1H3;1H;;;/t34-,36-,45+,50+;20-,21+,28-;;;;;/m10...../s1/i;;;1D;;;. The molecule has 0 saturated heterocycles. The van der Waals surface area contributed by atoms with Crippen LogP contribution in [0.15, 0.2) is 121 Å². The minimum atomic E-state index is -1.25. The molecule has 1 aliphatic carbocycles. The molecule has 61 heteroatoms. The number of aliphatic hydroxyl groups is 1. The molecule has 0 unspecified atom stereocenters. The number of hydrogen-bond acceptors (Lipinski definition) is 26. The maximum Gasteiger partial charge on any atom is 0.407 e. The number of Topliss-reactive ketones (excluding diaryl/α,β-unsaturated/α-hetero) is 1. The fourth-order valence-corrected chi connectivity index (χ4v) is 86.3. The van der Waals surface area contributed by atoms with Crippen molar-refractivity contribution in [2.45, 2.75) is 232 Å². The molecule has 0 heterocycles. The Kier molecular flexibility index (Phi) is 80.5. The van der Waals surface area contributed by atoms with Gasteiger partial charge in [-0.2, -0.15) is 0 Å². The van der Waals surface area contributed by atoms with E-state index in [0.29, 0.717) is 57.8 Å². The number of ether oxygens (including phenoxy) is 12. The first-order chi connectivity index (χ1) is 71.3. The van der Waals surface area contributed by atoms with Crippen molar-refractivity contribution in [1.29, 1.82) is 1.34 Å². The van der Waals surface area contributed by atoms with E-state index in [4.69, 9.17) is 108 Å². The van der Waals surface area contributed by atoms with E-state index < -0.39 is 87.5 Å². The van der Waals surface area contributed by atoms with Crippen molar-refractivity contribution in [3.8, 4) is 57.1 Å². The van der Waals surface area contributed by atoms with E-state index in [1.54, 1.807) is 316 Å². The average Bonchev–Trinajstić information content (AvgIpc) is 1.61. The molecular formula is C89H124BN3O20S36U. The number of nitrogens with one attached hydrogen (secondary N) is 3. The third kappa shape index (κ3) is 64.0. The smallest absolute Gasteiger partial charge is 0.407 e. The zero-order valence-corrected chi connectivity index (χ0v) is 120. The van der Waals surface area contributed by atoms with E-state index in [-0.39, 0.29) is 103 Å². The van der Waals surface area contributed by atoms with Crippen LogP contribution in [0.4, 0.5) is 4.79 Å².